The highest BCUT2D eigenvalue weighted by atomic mass is 32.1. The fourth-order valence-electron chi connectivity index (χ4n) is 1.80. The van der Waals surface area contributed by atoms with E-state index >= 15 is 0 Å². The molecule has 0 amide bonds. The minimum atomic E-state index is -4.39. The lowest BCUT2D eigenvalue weighted by atomic mass is 10.1. The number of nitrogens with two attached hydrogens (primary N) is 1. The Hall–Kier alpha value is -1.86. The lowest BCUT2D eigenvalue weighted by molar-refractivity contribution is -0.139. The summed E-state index contributed by atoms with van der Waals surface area (Å²) in [6.07, 6.45) is -4.24. The average molecular weight is 315 g/mol. The predicted octanol–water partition coefficient (Wildman–Crippen LogP) is 3.39. The van der Waals surface area contributed by atoms with Crippen molar-refractivity contribution in [1.82, 2.24) is 0 Å². The largest absolute Gasteiger partial charge is 0.480 e. The number of alkyl halides is 3. The average Bonchev–Trinajstić information content (AvgIpc) is 2.86. The van der Waals surface area contributed by atoms with Gasteiger partial charge in [0.2, 0.25) is 0 Å². The van der Waals surface area contributed by atoms with E-state index in [2.05, 4.69) is 0 Å². The van der Waals surface area contributed by atoms with E-state index in [1.54, 1.807) is 18.2 Å². The molecule has 2 rings (SSSR count). The zero-order valence-corrected chi connectivity index (χ0v) is 11.5. The van der Waals surface area contributed by atoms with E-state index in [9.17, 15) is 18.0 Å². The van der Waals surface area contributed by atoms with Crippen molar-refractivity contribution >= 4 is 17.3 Å². The van der Waals surface area contributed by atoms with Gasteiger partial charge in [0.25, 0.3) is 0 Å². The molecule has 0 spiro atoms. The Morgan fingerprint density at radius 1 is 1.29 bits per heavy atom. The SMILES string of the molecule is NC(Cc1ccc(-c2cccc(C(F)(F)F)c2)s1)C(=O)O. The Morgan fingerprint density at radius 3 is 2.62 bits per heavy atom. The third kappa shape index (κ3) is 3.83. The lowest BCUT2D eigenvalue weighted by Gasteiger charge is -2.07. The topological polar surface area (TPSA) is 63.3 Å². The van der Waals surface area contributed by atoms with Gasteiger partial charge in [-0.25, -0.2) is 0 Å². The Morgan fingerprint density at radius 2 is 2.00 bits per heavy atom. The van der Waals surface area contributed by atoms with Crippen LogP contribution in [0, 0.1) is 0 Å². The second-order valence-corrected chi connectivity index (χ2v) is 5.66. The van der Waals surface area contributed by atoms with E-state index in [0.29, 0.717) is 10.4 Å². The van der Waals surface area contributed by atoms with Crippen LogP contribution in [0.3, 0.4) is 0 Å². The number of rotatable bonds is 4. The lowest BCUT2D eigenvalue weighted by Crippen LogP contribution is -2.31. The van der Waals surface area contributed by atoms with Crippen LogP contribution in [0.5, 0.6) is 0 Å². The van der Waals surface area contributed by atoms with Crippen LogP contribution in [0.25, 0.3) is 10.4 Å². The van der Waals surface area contributed by atoms with Crippen molar-refractivity contribution in [1.29, 1.82) is 0 Å². The molecule has 0 aliphatic heterocycles. The highest BCUT2D eigenvalue weighted by Gasteiger charge is 2.30. The predicted molar refractivity (Wildman–Crippen MR) is 74.1 cm³/mol. The molecule has 3 N–H and O–H groups in total. The summed E-state index contributed by atoms with van der Waals surface area (Å²) < 4.78 is 38.0. The van der Waals surface area contributed by atoms with Crippen LogP contribution in [-0.2, 0) is 17.4 Å². The van der Waals surface area contributed by atoms with Gasteiger partial charge >= 0.3 is 12.1 Å². The maximum Gasteiger partial charge on any atom is 0.416 e. The monoisotopic (exact) mass is 315 g/mol. The summed E-state index contributed by atoms with van der Waals surface area (Å²) in [7, 11) is 0. The van der Waals surface area contributed by atoms with E-state index in [1.165, 1.54) is 17.4 Å². The van der Waals surface area contributed by atoms with Crippen molar-refractivity contribution in [2.24, 2.45) is 5.73 Å². The summed E-state index contributed by atoms with van der Waals surface area (Å²) in [5, 5.41) is 8.75. The molecule has 3 nitrogen and oxygen atoms in total. The Bertz CT molecular complexity index is 652. The van der Waals surface area contributed by atoms with Crippen LogP contribution in [0.15, 0.2) is 36.4 Å². The van der Waals surface area contributed by atoms with Gasteiger partial charge in [-0.1, -0.05) is 12.1 Å². The van der Waals surface area contributed by atoms with E-state index in [1.807, 2.05) is 0 Å². The molecular formula is C14H12F3NO2S. The van der Waals surface area contributed by atoms with E-state index in [0.717, 1.165) is 17.0 Å². The molecule has 0 saturated heterocycles. The molecule has 1 heterocycles. The van der Waals surface area contributed by atoms with Gasteiger partial charge in [0.05, 0.1) is 5.56 Å². The van der Waals surface area contributed by atoms with Crippen molar-refractivity contribution in [3.63, 3.8) is 0 Å². The summed E-state index contributed by atoms with van der Waals surface area (Å²) in [6, 6.07) is 7.36. The normalized spacial score (nSPS) is 13.1. The van der Waals surface area contributed by atoms with Gasteiger partial charge in [-0.05, 0) is 29.8 Å². The highest BCUT2D eigenvalue weighted by Crippen LogP contribution is 2.34. The summed E-state index contributed by atoms with van der Waals surface area (Å²) >= 11 is 1.24. The van der Waals surface area contributed by atoms with Crippen LogP contribution < -0.4 is 5.73 Å². The smallest absolute Gasteiger partial charge is 0.416 e. The standard InChI is InChI=1S/C14H12F3NO2S/c15-14(16,17)9-3-1-2-8(6-9)12-5-4-10(21-12)7-11(18)13(19)20/h1-6,11H,7,18H2,(H,19,20). The third-order valence-electron chi connectivity index (χ3n) is 2.87. The zero-order chi connectivity index (χ0) is 15.6. The van der Waals surface area contributed by atoms with Crippen molar-refractivity contribution in [2.75, 3.05) is 0 Å². The first-order chi connectivity index (χ1) is 9.77. The van der Waals surface area contributed by atoms with E-state index < -0.39 is 23.8 Å². The molecule has 0 aliphatic carbocycles. The number of carbonyl (C=O) groups is 1. The van der Waals surface area contributed by atoms with Crippen LogP contribution in [0.4, 0.5) is 13.2 Å². The second-order valence-electron chi connectivity index (χ2n) is 4.49. The van der Waals surface area contributed by atoms with Crippen molar-refractivity contribution in [3.8, 4) is 10.4 Å². The number of hydrogen-bond acceptors (Lipinski definition) is 3. The molecule has 2 aromatic rings. The molecule has 1 aromatic carbocycles. The summed E-state index contributed by atoms with van der Waals surface area (Å²) in [5.41, 5.74) is 5.17. The van der Waals surface area contributed by atoms with Gasteiger partial charge in [0, 0.05) is 16.2 Å². The summed E-state index contributed by atoms with van der Waals surface area (Å²) in [5.74, 6) is -1.11. The van der Waals surface area contributed by atoms with Gasteiger partial charge in [-0.15, -0.1) is 11.3 Å². The molecule has 0 radical (unpaired) electrons. The molecule has 0 saturated carbocycles. The molecule has 7 heteroatoms. The van der Waals surface area contributed by atoms with Crippen molar-refractivity contribution < 1.29 is 23.1 Å². The molecular weight excluding hydrogens is 303 g/mol. The van der Waals surface area contributed by atoms with Gasteiger partial charge < -0.3 is 10.8 Å². The molecule has 0 fully saturated rings. The molecule has 1 unspecified atom stereocenters. The third-order valence-corrected chi connectivity index (χ3v) is 4.03. The molecule has 112 valence electrons. The molecule has 21 heavy (non-hydrogen) atoms. The molecule has 0 aliphatic rings. The summed E-state index contributed by atoms with van der Waals surface area (Å²) in [6.45, 7) is 0. The van der Waals surface area contributed by atoms with Crippen LogP contribution >= 0.6 is 11.3 Å². The van der Waals surface area contributed by atoms with Gasteiger partial charge in [-0.3, -0.25) is 4.79 Å². The van der Waals surface area contributed by atoms with Gasteiger partial charge in [0.15, 0.2) is 0 Å². The number of hydrogen-bond donors (Lipinski definition) is 2. The van der Waals surface area contributed by atoms with Crippen molar-refractivity contribution in [3.05, 3.63) is 46.8 Å². The Kier molecular flexibility index (Phi) is 4.34. The van der Waals surface area contributed by atoms with Crippen molar-refractivity contribution in [2.45, 2.75) is 18.6 Å². The number of thiophene rings is 1. The number of carboxylic acids is 1. The highest BCUT2D eigenvalue weighted by molar-refractivity contribution is 7.15. The van der Waals surface area contributed by atoms with E-state index in [-0.39, 0.29) is 6.42 Å². The quantitative estimate of drug-likeness (QED) is 0.909. The maximum absolute atomic E-state index is 12.7. The molecule has 1 aromatic heterocycles. The van der Waals surface area contributed by atoms with Gasteiger partial charge in [0.1, 0.15) is 6.04 Å². The number of aliphatic carboxylic acids is 1. The van der Waals surface area contributed by atoms with Crippen LogP contribution in [0.2, 0.25) is 0 Å². The number of benzene rings is 1. The Labute approximate surface area is 122 Å². The zero-order valence-electron chi connectivity index (χ0n) is 10.7. The minimum Gasteiger partial charge on any atom is -0.480 e. The first kappa shape index (κ1) is 15.5. The van der Waals surface area contributed by atoms with E-state index in [4.69, 9.17) is 10.8 Å². The first-order valence-electron chi connectivity index (χ1n) is 6.02. The number of halogens is 3. The maximum atomic E-state index is 12.7. The first-order valence-corrected chi connectivity index (χ1v) is 6.84. The molecule has 1 atom stereocenters. The summed E-state index contributed by atoms with van der Waals surface area (Å²) in [4.78, 5) is 12.1. The van der Waals surface area contributed by atoms with Gasteiger partial charge in [-0.2, -0.15) is 13.2 Å². The second kappa shape index (κ2) is 5.87. The molecule has 0 bridgehead atoms. The Balaban J connectivity index is 2.24. The fraction of sp³-hybridized carbons (Fsp3) is 0.214. The van der Waals surface area contributed by atoms with Crippen LogP contribution in [0.1, 0.15) is 10.4 Å². The van der Waals surface area contributed by atoms with Crippen LogP contribution in [-0.4, -0.2) is 17.1 Å². The minimum absolute atomic E-state index is 0.152. The number of carboxylic acid groups (broad SMARTS) is 1. The fourth-order valence-corrected chi connectivity index (χ4v) is 2.86.